The molecule has 1 aromatic rings. The molecule has 1 saturated heterocycles. The summed E-state index contributed by atoms with van der Waals surface area (Å²) in [6, 6.07) is 6.94. The number of aliphatic hydroxyl groups excluding tert-OH is 1. The van der Waals surface area contributed by atoms with Crippen LogP contribution in [0.15, 0.2) is 24.3 Å². The Morgan fingerprint density at radius 3 is 2.38 bits per heavy atom. The summed E-state index contributed by atoms with van der Waals surface area (Å²) in [7, 11) is -3.59. The summed E-state index contributed by atoms with van der Waals surface area (Å²) in [6.07, 6.45) is 0.333. The molecule has 0 saturated carbocycles. The van der Waals surface area contributed by atoms with Gasteiger partial charge in [-0.2, -0.15) is 12.7 Å². The van der Waals surface area contributed by atoms with E-state index in [1.54, 1.807) is 31.2 Å². The first-order valence-corrected chi connectivity index (χ1v) is 8.78. The molecule has 2 rings (SSSR count). The van der Waals surface area contributed by atoms with Crippen LogP contribution in [0.25, 0.3) is 0 Å². The molecule has 0 amide bonds. The van der Waals surface area contributed by atoms with Crippen LogP contribution < -0.4 is 4.72 Å². The minimum atomic E-state index is -3.59. The van der Waals surface area contributed by atoms with E-state index < -0.39 is 16.3 Å². The van der Waals surface area contributed by atoms with Crippen molar-refractivity contribution in [1.29, 1.82) is 0 Å². The summed E-state index contributed by atoms with van der Waals surface area (Å²) in [5, 5.41) is 9.75. The number of rotatable bonds is 4. The second-order valence-corrected chi connectivity index (χ2v) is 7.80. The van der Waals surface area contributed by atoms with E-state index in [1.165, 1.54) is 4.31 Å². The molecule has 1 heterocycles. The van der Waals surface area contributed by atoms with Gasteiger partial charge >= 0.3 is 10.2 Å². The van der Waals surface area contributed by atoms with Gasteiger partial charge in [0.25, 0.3) is 0 Å². The fraction of sp³-hybridized carbons (Fsp3) is 0.600. The van der Waals surface area contributed by atoms with E-state index in [1.807, 2.05) is 0 Å². The van der Waals surface area contributed by atoms with Crippen LogP contribution in [-0.2, 0) is 10.2 Å². The highest BCUT2D eigenvalue weighted by Gasteiger charge is 2.30. The second-order valence-electron chi connectivity index (χ2n) is 6.13. The first-order valence-electron chi connectivity index (χ1n) is 7.34. The third-order valence-corrected chi connectivity index (χ3v) is 5.28. The summed E-state index contributed by atoms with van der Waals surface area (Å²) in [5.74, 6) is 0.717. The predicted octanol–water partition coefficient (Wildman–Crippen LogP) is 2.37. The molecule has 2 N–H and O–H groups in total. The molecule has 1 aliphatic rings. The Kier molecular flexibility index (Phi) is 4.91. The molecule has 0 aliphatic carbocycles. The maximum absolute atomic E-state index is 12.6. The first kappa shape index (κ1) is 16.3. The molecule has 21 heavy (non-hydrogen) atoms. The molecule has 1 aliphatic heterocycles. The van der Waals surface area contributed by atoms with Gasteiger partial charge in [-0.1, -0.05) is 32.0 Å². The lowest BCUT2D eigenvalue weighted by Crippen LogP contribution is -2.45. The van der Waals surface area contributed by atoms with Crippen LogP contribution in [0.3, 0.4) is 0 Å². The number of para-hydroxylation sites is 1. The van der Waals surface area contributed by atoms with Crippen molar-refractivity contribution in [3.8, 4) is 0 Å². The van der Waals surface area contributed by atoms with Gasteiger partial charge in [0.05, 0.1) is 11.8 Å². The van der Waals surface area contributed by atoms with Gasteiger partial charge in [0.2, 0.25) is 0 Å². The van der Waals surface area contributed by atoms with Crippen LogP contribution in [0.1, 0.15) is 38.9 Å². The van der Waals surface area contributed by atoms with Crippen LogP contribution >= 0.6 is 0 Å². The number of nitrogens with zero attached hydrogens (tertiary/aromatic N) is 1. The third kappa shape index (κ3) is 3.96. The van der Waals surface area contributed by atoms with Crippen molar-refractivity contribution < 1.29 is 13.5 Å². The first-order chi connectivity index (χ1) is 9.79. The zero-order valence-corrected chi connectivity index (χ0v) is 13.6. The van der Waals surface area contributed by atoms with Crippen LogP contribution in [0.4, 0.5) is 5.69 Å². The zero-order valence-electron chi connectivity index (χ0n) is 12.8. The van der Waals surface area contributed by atoms with Crippen molar-refractivity contribution in [2.24, 2.45) is 11.8 Å². The SMILES string of the molecule is CC1CC(C)CN(S(=O)(=O)Nc2ccccc2C(C)O)C1. The van der Waals surface area contributed by atoms with E-state index >= 15 is 0 Å². The summed E-state index contributed by atoms with van der Waals surface area (Å²) in [5.41, 5.74) is 1.03. The van der Waals surface area contributed by atoms with Gasteiger partial charge in [-0.15, -0.1) is 0 Å². The van der Waals surface area contributed by atoms with E-state index in [9.17, 15) is 13.5 Å². The Hall–Kier alpha value is -1.11. The topological polar surface area (TPSA) is 69.6 Å². The van der Waals surface area contributed by atoms with E-state index in [0.717, 1.165) is 6.42 Å². The van der Waals surface area contributed by atoms with Crippen LogP contribution in [-0.4, -0.2) is 30.9 Å². The molecule has 0 spiro atoms. The lowest BCUT2D eigenvalue weighted by Gasteiger charge is -2.34. The highest BCUT2D eigenvalue weighted by atomic mass is 32.2. The number of benzene rings is 1. The number of hydrogen-bond acceptors (Lipinski definition) is 3. The average Bonchev–Trinajstić information content (AvgIpc) is 2.37. The number of anilines is 1. The fourth-order valence-electron chi connectivity index (χ4n) is 2.96. The van der Waals surface area contributed by atoms with Gasteiger partial charge in [-0.05, 0) is 31.2 Å². The third-order valence-electron chi connectivity index (χ3n) is 3.83. The molecule has 3 unspecified atom stereocenters. The predicted molar refractivity (Wildman–Crippen MR) is 84.1 cm³/mol. The molecule has 5 nitrogen and oxygen atoms in total. The van der Waals surface area contributed by atoms with Gasteiger partial charge in [-0.3, -0.25) is 4.72 Å². The van der Waals surface area contributed by atoms with Crippen molar-refractivity contribution in [3.63, 3.8) is 0 Å². The Morgan fingerprint density at radius 2 is 1.81 bits per heavy atom. The van der Waals surface area contributed by atoms with E-state index in [-0.39, 0.29) is 0 Å². The van der Waals surface area contributed by atoms with Crippen molar-refractivity contribution in [1.82, 2.24) is 4.31 Å². The molecule has 118 valence electrons. The summed E-state index contributed by atoms with van der Waals surface area (Å²) >= 11 is 0. The average molecular weight is 312 g/mol. The monoisotopic (exact) mass is 312 g/mol. The molecule has 6 heteroatoms. The van der Waals surface area contributed by atoms with Crippen molar-refractivity contribution in [3.05, 3.63) is 29.8 Å². The van der Waals surface area contributed by atoms with Gasteiger partial charge in [-0.25, -0.2) is 0 Å². The standard InChI is InChI=1S/C15H24N2O3S/c1-11-8-12(2)10-17(9-11)21(19,20)16-15-7-5-4-6-14(15)13(3)18/h4-7,11-13,16,18H,8-10H2,1-3H3. The number of nitrogens with one attached hydrogen (secondary N) is 1. The lowest BCUT2D eigenvalue weighted by atomic mass is 9.94. The number of aliphatic hydroxyl groups is 1. The minimum Gasteiger partial charge on any atom is -0.389 e. The van der Waals surface area contributed by atoms with Gasteiger partial charge in [0.1, 0.15) is 0 Å². The van der Waals surface area contributed by atoms with E-state index in [0.29, 0.717) is 36.2 Å². The zero-order chi connectivity index (χ0) is 15.6. The molecular formula is C15H24N2O3S. The maximum Gasteiger partial charge on any atom is 0.301 e. The van der Waals surface area contributed by atoms with Gasteiger partial charge in [0, 0.05) is 18.7 Å². The van der Waals surface area contributed by atoms with E-state index in [4.69, 9.17) is 0 Å². The molecule has 1 fully saturated rings. The number of hydrogen-bond donors (Lipinski definition) is 2. The second kappa shape index (κ2) is 6.34. The van der Waals surface area contributed by atoms with Crippen LogP contribution in [0.2, 0.25) is 0 Å². The fourth-order valence-corrected chi connectivity index (χ4v) is 4.45. The molecule has 3 atom stereocenters. The Bertz CT molecular complexity index is 576. The lowest BCUT2D eigenvalue weighted by molar-refractivity contribution is 0.200. The van der Waals surface area contributed by atoms with Crippen LogP contribution in [0.5, 0.6) is 0 Å². The highest BCUT2D eigenvalue weighted by Crippen LogP contribution is 2.27. The molecular weight excluding hydrogens is 288 g/mol. The maximum atomic E-state index is 12.6. The highest BCUT2D eigenvalue weighted by molar-refractivity contribution is 7.90. The molecule has 0 bridgehead atoms. The Labute approximate surface area is 127 Å². The van der Waals surface area contributed by atoms with Crippen molar-refractivity contribution in [2.75, 3.05) is 17.8 Å². The largest absolute Gasteiger partial charge is 0.389 e. The molecule has 1 aromatic carbocycles. The summed E-state index contributed by atoms with van der Waals surface area (Å²) < 4.78 is 29.2. The molecule has 0 radical (unpaired) electrons. The van der Waals surface area contributed by atoms with Gasteiger partial charge < -0.3 is 5.11 Å². The molecule has 0 aromatic heterocycles. The van der Waals surface area contributed by atoms with Gasteiger partial charge in [0.15, 0.2) is 0 Å². The number of piperidine rings is 1. The van der Waals surface area contributed by atoms with Crippen molar-refractivity contribution >= 4 is 15.9 Å². The van der Waals surface area contributed by atoms with E-state index in [2.05, 4.69) is 18.6 Å². The van der Waals surface area contributed by atoms with Crippen LogP contribution in [0, 0.1) is 11.8 Å². The van der Waals surface area contributed by atoms with Crippen molar-refractivity contribution in [2.45, 2.75) is 33.3 Å². The summed E-state index contributed by atoms with van der Waals surface area (Å²) in [4.78, 5) is 0. The quantitative estimate of drug-likeness (QED) is 0.897. The Morgan fingerprint density at radius 1 is 1.24 bits per heavy atom. The Balaban J connectivity index is 2.22. The normalized spacial score (nSPS) is 25.5. The summed E-state index contributed by atoms with van der Waals surface area (Å²) in [6.45, 7) is 6.84. The minimum absolute atomic E-state index is 0.359. The smallest absolute Gasteiger partial charge is 0.301 e.